The minimum atomic E-state index is 0.0520. The van der Waals surface area contributed by atoms with Crippen LogP contribution in [0.3, 0.4) is 0 Å². The number of nitrogens with zero attached hydrogens (tertiary/aromatic N) is 3. The zero-order chi connectivity index (χ0) is 12.4. The van der Waals surface area contributed by atoms with Crippen LogP contribution in [0.5, 0.6) is 0 Å². The number of aryl methyl sites for hydroxylation is 1. The van der Waals surface area contributed by atoms with Crippen LogP contribution in [0.15, 0.2) is 28.9 Å². The van der Waals surface area contributed by atoms with E-state index in [2.05, 4.69) is 48.8 Å². The van der Waals surface area contributed by atoms with Gasteiger partial charge in [-0.25, -0.2) is 0 Å². The molecule has 0 fully saturated rings. The van der Waals surface area contributed by atoms with Crippen molar-refractivity contribution in [2.45, 2.75) is 6.42 Å². The smallest absolute Gasteiger partial charge is 0.170 e. The molecule has 0 aliphatic heterocycles. The molecule has 6 heteroatoms. The number of carbonyl (C=O) groups is 1. The number of rotatable bonds is 3. The van der Waals surface area contributed by atoms with E-state index >= 15 is 0 Å². The van der Waals surface area contributed by atoms with Crippen molar-refractivity contribution in [2.75, 3.05) is 0 Å². The monoisotopic (exact) mass is 405 g/mol. The molecule has 0 atom stereocenters. The highest BCUT2D eigenvalue weighted by Crippen LogP contribution is 2.19. The molecule has 0 unspecified atom stereocenters. The van der Waals surface area contributed by atoms with Crippen molar-refractivity contribution < 1.29 is 4.79 Å². The molecule has 1 aromatic heterocycles. The van der Waals surface area contributed by atoms with Gasteiger partial charge in [-0.05, 0) is 40.8 Å². The van der Waals surface area contributed by atoms with E-state index in [-0.39, 0.29) is 12.2 Å². The van der Waals surface area contributed by atoms with Gasteiger partial charge in [0.1, 0.15) is 0 Å². The Kier molecular flexibility index (Phi) is 3.93. The molecule has 0 saturated heterocycles. The van der Waals surface area contributed by atoms with Crippen LogP contribution in [0.2, 0.25) is 0 Å². The van der Waals surface area contributed by atoms with E-state index in [1.54, 1.807) is 17.9 Å². The average Bonchev–Trinajstić information content (AvgIpc) is 2.67. The summed E-state index contributed by atoms with van der Waals surface area (Å²) < 4.78 is 3.44. The van der Waals surface area contributed by atoms with Crippen molar-refractivity contribution in [2.24, 2.45) is 7.05 Å². The number of halogens is 2. The number of Topliss-reactive ketones (excluding diaryl/α,β-unsaturated/α-hetero) is 1. The number of benzene rings is 1. The normalized spacial score (nSPS) is 10.5. The molecular weight excluding hydrogens is 397 g/mol. The zero-order valence-corrected chi connectivity index (χ0v) is 12.8. The Morgan fingerprint density at radius 1 is 1.53 bits per heavy atom. The Balaban J connectivity index is 2.22. The molecule has 1 heterocycles. The van der Waals surface area contributed by atoms with Crippen molar-refractivity contribution in [3.63, 3.8) is 0 Å². The van der Waals surface area contributed by atoms with Crippen LogP contribution in [0.25, 0.3) is 0 Å². The van der Waals surface area contributed by atoms with Crippen LogP contribution >= 0.6 is 38.5 Å². The van der Waals surface area contributed by atoms with Crippen LogP contribution in [-0.4, -0.2) is 20.8 Å². The molecule has 0 spiro atoms. The minimum absolute atomic E-state index is 0.0520. The fourth-order valence-corrected chi connectivity index (χ4v) is 2.44. The summed E-state index contributed by atoms with van der Waals surface area (Å²) in [5, 5.41) is 7.72. The van der Waals surface area contributed by atoms with Gasteiger partial charge in [-0.15, -0.1) is 5.10 Å². The van der Waals surface area contributed by atoms with Crippen LogP contribution in [0.1, 0.15) is 16.1 Å². The van der Waals surface area contributed by atoms with Gasteiger partial charge in [-0.2, -0.15) is 0 Å². The molecule has 4 nitrogen and oxygen atoms in total. The van der Waals surface area contributed by atoms with E-state index in [1.807, 2.05) is 18.2 Å². The van der Waals surface area contributed by atoms with Crippen molar-refractivity contribution in [3.8, 4) is 0 Å². The lowest BCUT2D eigenvalue weighted by atomic mass is 10.1. The highest BCUT2D eigenvalue weighted by Gasteiger charge is 2.13. The van der Waals surface area contributed by atoms with Crippen LogP contribution in [0, 0.1) is 3.57 Å². The molecule has 0 N–H and O–H groups in total. The summed E-state index contributed by atoms with van der Waals surface area (Å²) in [6, 6.07) is 5.66. The first-order valence-corrected chi connectivity index (χ1v) is 6.77. The largest absolute Gasteiger partial charge is 0.294 e. The summed E-state index contributed by atoms with van der Waals surface area (Å²) in [7, 11) is 1.78. The Labute approximate surface area is 121 Å². The van der Waals surface area contributed by atoms with E-state index in [9.17, 15) is 4.79 Å². The topological polar surface area (TPSA) is 47.8 Å². The minimum Gasteiger partial charge on any atom is -0.294 e. The highest BCUT2D eigenvalue weighted by molar-refractivity contribution is 14.1. The Morgan fingerprint density at radius 3 is 2.94 bits per heavy atom. The number of ketones is 1. The Hall–Kier alpha value is -0.760. The van der Waals surface area contributed by atoms with Crippen molar-refractivity contribution in [1.29, 1.82) is 0 Å². The number of carbonyl (C=O) groups excluding carboxylic acids is 1. The molecule has 0 bridgehead atoms. The van der Waals surface area contributed by atoms with Gasteiger partial charge in [-0.3, -0.25) is 9.48 Å². The first-order valence-electron chi connectivity index (χ1n) is 4.89. The quantitative estimate of drug-likeness (QED) is 0.582. The van der Waals surface area contributed by atoms with Gasteiger partial charge in [0.05, 0.1) is 12.1 Å². The molecule has 17 heavy (non-hydrogen) atoms. The van der Waals surface area contributed by atoms with E-state index in [4.69, 9.17) is 0 Å². The average molecular weight is 406 g/mol. The van der Waals surface area contributed by atoms with E-state index < -0.39 is 0 Å². The summed E-state index contributed by atoms with van der Waals surface area (Å²) in [6.07, 6.45) is 2.03. The second-order valence-electron chi connectivity index (χ2n) is 3.61. The lowest BCUT2D eigenvalue weighted by molar-refractivity contribution is 0.0991. The molecule has 0 aliphatic carbocycles. The maximum atomic E-state index is 12.1. The summed E-state index contributed by atoms with van der Waals surface area (Å²) >= 11 is 5.52. The van der Waals surface area contributed by atoms with E-state index in [0.29, 0.717) is 11.3 Å². The van der Waals surface area contributed by atoms with Gasteiger partial charge in [-0.1, -0.05) is 21.1 Å². The molecule has 0 saturated carbocycles. The van der Waals surface area contributed by atoms with Crippen molar-refractivity contribution in [1.82, 2.24) is 15.0 Å². The molecule has 0 amide bonds. The van der Waals surface area contributed by atoms with Gasteiger partial charge in [0.2, 0.25) is 0 Å². The summed E-state index contributed by atoms with van der Waals surface area (Å²) in [5.74, 6) is 0.0520. The predicted molar refractivity (Wildman–Crippen MR) is 75.9 cm³/mol. The second kappa shape index (κ2) is 5.26. The lowest BCUT2D eigenvalue weighted by Crippen LogP contribution is -2.06. The summed E-state index contributed by atoms with van der Waals surface area (Å²) in [5.41, 5.74) is 1.40. The molecule has 0 radical (unpaired) electrons. The van der Waals surface area contributed by atoms with Crippen molar-refractivity contribution in [3.05, 3.63) is 43.7 Å². The first-order chi connectivity index (χ1) is 8.06. The van der Waals surface area contributed by atoms with Gasteiger partial charge in [0.25, 0.3) is 0 Å². The molecule has 88 valence electrons. The number of hydrogen-bond acceptors (Lipinski definition) is 3. The van der Waals surface area contributed by atoms with E-state index in [0.717, 1.165) is 8.04 Å². The summed E-state index contributed by atoms with van der Waals surface area (Å²) in [4.78, 5) is 12.1. The van der Waals surface area contributed by atoms with Gasteiger partial charge < -0.3 is 0 Å². The molecular formula is C11H9BrIN3O. The Morgan fingerprint density at radius 2 is 2.29 bits per heavy atom. The predicted octanol–water partition coefficient (Wildman–Crippen LogP) is 2.61. The standard InChI is InChI=1S/C11H9BrIN3O/c1-16-6-8(14-15-16)5-11(17)9-4-7(12)2-3-10(9)13/h2-4,6H,5H2,1H3. The van der Waals surface area contributed by atoms with Crippen LogP contribution in [-0.2, 0) is 13.5 Å². The lowest BCUT2D eigenvalue weighted by Gasteiger charge is -2.02. The fourth-order valence-electron chi connectivity index (χ4n) is 1.45. The van der Waals surface area contributed by atoms with Gasteiger partial charge in [0.15, 0.2) is 5.78 Å². The third kappa shape index (κ3) is 3.12. The SMILES string of the molecule is Cn1cc(CC(=O)c2cc(Br)ccc2I)nn1. The fraction of sp³-hybridized carbons (Fsp3) is 0.182. The van der Waals surface area contributed by atoms with Gasteiger partial charge in [0, 0.05) is 26.9 Å². The molecule has 0 aliphatic rings. The third-order valence-electron chi connectivity index (χ3n) is 2.22. The third-order valence-corrected chi connectivity index (χ3v) is 3.65. The first kappa shape index (κ1) is 12.7. The van der Waals surface area contributed by atoms with Crippen LogP contribution < -0.4 is 0 Å². The zero-order valence-electron chi connectivity index (χ0n) is 9.02. The highest BCUT2D eigenvalue weighted by atomic mass is 127. The molecule has 2 aromatic rings. The van der Waals surface area contributed by atoms with Crippen molar-refractivity contribution >= 4 is 44.3 Å². The Bertz CT molecular complexity index is 568. The molecule has 2 rings (SSSR count). The number of hydrogen-bond donors (Lipinski definition) is 0. The maximum Gasteiger partial charge on any atom is 0.170 e. The van der Waals surface area contributed by atoms with Gasteiger partial charge >= 0.3 is 0 Å². The summed E-state index contributed by atoms with van der Waals surface area (Å²) in [6.45, 7) is 0. The maximum absolute atomic E-state index is 12.1. The second-order valence-corrected chi connectivity index (χ2v) is 5.69. The molecule has 1 aromatic carbocycles. The van der Waals surface area contributed by atoms with Crippen LogP contribution in [0.4, 0.5) is 0 Å². The van der Waals surface area contributed by atoms with E-state index in [1.165, 1.54) is 0 Å². The number of aromatic nitrogens is 3.